The monoisotopic (exact) mass is 401 g/mol. The molecule has 3 aromatic rings. The standard InChI is InChI=1S/C18H19N5O4S/c1-19-16(25)14-9-12(5-7-20-14)27-11-3-4-13-15(10-11)28-18(22-13)23-17(26)21-6-2-8-24/h3-5,7,9-10,24H,2,6,8H2,1H3,(H,19,25)(H2,21,22,23,26). The second kappa shape index (κ2) is 9.11. The number of fused-ring (bicyclic) bond motifs is 1. The molecule has 2 aromatic heterocycles. The van der Waals surface area contributed by atoms with Crippen molar-refractivity contribution < 1.29 is 19.4 Å². The van der Waals surface area contributed by atoms with Crippen molar-refractivity contribution in [3.05, 3.63) is 42.2 Å². The van der Waals surface area contributed by atoms with Crippen molar-refractivity contribution in [2.45, 2.75) is 6.42 Å². The van der Waals surface area contributed by atoms with E-state index in [0.717, 1.165) is 10.2 Å². The van der Waals surface area contributed by atoms with Gasteiger partial charge in [0.25, 0.3) is 5.91 Å². The van der Waals surface area contributed by atoms with Gasteiger partial charge < -0.3 is 20.5 Å². The number of carbonyl (C=O) groups excluding carboxylic acids is 2. The van der Waals surface area contributed by atoms with E-state index in [0.29, 0.717) is 29.6 Å². The van der Waals surface area contributed by atoms with E-state index in [1.807, 2.05) is 6.07 Å². The van der Waals surface area contributed by atoms with Gasteiger partial charge in [0.2, 0.25) is 0 Å². The zero-order valence-electron chi connectivity index (χ0n) is 15.1. The second-order valence-electron chi connectivity index (χ2n) is 5.66. The number of carbonyl (C=O) groups is 2. The molecule has 0 atom stereocenters. The van der Waals surface area contributed by atoms with Gasteiger partial charge in [-0.15, -0.1) is 0 Å². The van der Waals surface area contributed by atoms with Gasteiger partial charge in [-0.2, -0.15) is 0 Å². The minimum atomic E-state index is -0.373. The largest absolute Gasteiger partial charge is 0.457 e. The van der Waals surface area contributed by atoms with Gasteiger partial charge in [-0.3, -0.25) is 15.1 Å². The number of aliphatic hydroxyl groups is 1. The van der Waals surface area contributed by atoms with Crippen LogP contribution in [0.3, 0.4) is 0 Å². The fourth-order valence-electron chi connectivity index (χ4n) is 2.31. The van der Waals surface area contributed by atoms with Crippen molar-refractivity contribution in [2.24, 2.45) is 0 Å². The minimum absolute atomic E-state index is 0.0201. The summed E-state index contributed by atoms with van der Waals surface area (Å²) in [6.45, 7) is 0.404. The molecular weight excluding hydrogens is 382 g/mol. The zero-order valence-corrected chi connectivity index (χ0v) is 15.9. The van der Waals surface area contributed by atoms with Crippen molar-refractivity contribution in [1.82, 2.24) is 20.6 Å². The summed E-state index contributed by atoms with van der Waals surface area (Å²) in [5, 5.41) is 17.0. The maximum absolute atomic E-state index is 11.8. The van der Waals surface area contributed by atoms with Crippen molar-refractivity contribution in [3.63, 3.8) is 0 Å². The lowest BCUT2D eigenvalue weighted by atomic mass is 10.3. The summed E-state index contributed by atoms with van der Waals surface area (Å²) >= 11 is 1.31. The van der Waals surface area contributed by atoms with E-state index in [4.69, 9.17) is 9.84 Å². The average molecular weight is 401 g/mol. The molecule has 28 heavy (non-hydrogen) atoms. The molecular formula is C18H19N5O4S. The van der Waals surface area contributed by atoms with Gasteiger partial charge in [-0.05, 0) is 24.6 Å². The number of hydrogen-bond donors (Lipinski definition) is 4. The Bertz CT molecular complexity index is 991. The summed E-state index contributed by atoms with van der Waals surface area (Å²) in [4.78, 5) is 31.8. The Labute approximate surface area is 164 Å². The lowest BCUT2D eigenvalue weighted by molar-refractivity contribution is 0.0958. The molecule has 9 nitrogen and oxygen atoms in total. The molecule has 2 heterocycles. The van der Waals surface area contributed by atoms with Crippen LogP contribution in [0.25, 0.3) is 10.2 Å². The Balaban J connectivity index is 1.70. The fraction of sp³-hybridized carbons (Fsp3) is 0.222. The Kier molecular flexibility index (Phi) is 6.35. The molecule has 1 aromatic carbocycles. The molecule has 0 unspecified atom stereocenters. The van der Waals surface area contributed by atoms with Crippen LogP contribution in [0.1, 0.15) is 16.9 Å². The highest BCUT2D eigenvalue weighted by atomic mass is 32.1. The number of anilines is 1. The quantitative estimate of drug-likeness (QED) is 0.450. The van der Waals surface area contributed by atoms with Gasteiger partial charge in [0.1, 0.15) is 17.2 Å². The summed E-state index contributed by atoms with van der Waals surface area (Å²) in [5.41, 5.74) is 0.987. The molecule has 3 rings (SSSR count). The van der Waals surface area contributed by atoms with Crippen LogP contribution in [0, 0.1) is 0 Å². The normalized spacial score (nSPS) is 10.5. The first-order chi connectivity index (χ1) is 13.6. The second-order valence-corrected chi connectivity index (χ2v) is 6.70. The predicted octanol–water partition coefficient (Wildman–Crippen LogP) is 2.35. The molecule has 0 radical (unpaired) electrons. The van der Waals surface area contributed by atoms with E-state index in [2.05, 4.69) is 25.9 Å². The lowest BCUT2D eigenvalue weighted by Gasteiger charge is -2.06. The van der Waals surface area contributed by atoms with Gasteiger partial charge >= 0.3 is 6.03 Å². The molecule has 0 saturated heterocycles. The van der Waals surface area contributed by atoms with Crippen LogP contribution in [0.5, 0.6) is 11.5 Å². The maximum atomic E-state index is 11.8. The number of benzene rings is 1. The van der Waals surface area contributed by atoms with Crippen LogP contribution in [0.2, 0.25) is 0 Å². The molecule has 4 N–H and O–H groups in total. The summed E-state index contributed by atoms with van der Waals surface area (Å²) in [6, 6.07) is 8.20. The third-order valence-corrected chi connectivity index (χ3v) is 4.56. The Hall–Kier alpha value is -3.24. The number of nitrogens with zero attached hydrogens (tertiary/aromatic N) is 2. The summed E-state index contributed by atoms with van der Waals surface area (Å²) in [6.07, 6.45) is 1.99. The van der Waals surface area contributed by atoms with Crippen molar-refractivity contribution >= 4 is 38.6 Å². The Morgan fingerprint density at radius 1 is 1.21 bits per heavy atom. The molecule has 0 bridgehead atoms. The lowest BCUT2D eigenvalue weighted by Crippen LogP contribution is -2.29. The summed E-state index contributed by atoms with van der Waals surface area (Å²) in [5.74, 6) is 0.763. The smallest absolute Gasteiger partial charge is 0.321 e. The fourth-order valence-corrected chi connectivity index (χ4v) is 3.20. The molecule has 10 heteroatoms. The summed E-state index contributed by atoms with van der Waals surface area (Å²) in [7, 11) is 1.54. The molecule has 0 aliphatic heterocycles. The Morgan fingerprint density at radius 2 is 2.04 bits per heavy atom. The molecule has 0 aliphatic rings. The van der Waals surface area contributed by atoms with Gasteiger partial charge in [0.05, 0.1) is 10.2 Å². The number of aliphatic hydroxyl groups excluding tert-OH is 1. The SMILES string of the molecule is CNC(=O)c1cc(Oc2ccc3nc(NC(=O)NCCCO)sc3c2)ccn1. The topological polar surface area (TPSA) is 125 Å². The number of ether oxygens (including phenoxy) is 1. The highest BCUT2D eigenvalue weighted by molar-refractivity contribution is 7.22. The number of thiazole rings is 1. The van der Waals surface area contributed by atoms with Gasteiger partial charge in [-0.25, -0.2) is 9.78 Å². The number of rotatable bonds is 7. The van der Waals surface area contributed by atoms with E-state index in [-0.39, 0.29) is 24.2 Å². The number of nitrogens with one attached hydrogen (secondary N) is 3. The van der Waals surface area contributed by atoms with Crippen LogP contribution >= 0.6 is 11.3 Å². The van der Waals surface area contributed by atoms with Crippen molar-refractivity contribution in [2.75, 3.05) is 25.5 Å². The van der Waals surface area contributed by atoms with Crippen LogP contribution in [-0.2, 0) is 0 Å². The number of aromatic nitrogens is 2. The van der Waals surface area contributed by atoms with Crippen molar-refractivity contribution in [1.29, 1.82) is 0 Å². The number of amides is 3. The average Bonchev–Trinajstić information content (AvgIpc) is 3.09. The third-order valence-electron chi connectivity index (χ3n) is 3.63. The van der Waals surface area contributed by atoms with Crippen molar-refractivity contribution in [3.8, 4) is 11.5 Å². The summed E-state index contributed by atoms with van der Waals surface area (Å²) < 4.78 is 6.65. The van der Waals surface area contributed by atoms with Crippen LogP contribution in [-0.4, -0.2) is 47.2 Å². The maximum Gasteiger partial charge on any atom is 0.321 e. The molecule has 3 amide bonds. The first-order valence-electron chi connectivity index (χ1n) is 8.51. The highest BCUT2D eigenvalue weighted by Crippen LogP contribution is 2.31. The van der Waals surface area contributed by atoms with E-state index in [1.165, 1.54) is 24.6 Å². The zero-order chi connectivity index (χ0) is 19.9. The molecule has 0 spiro atoms. The third kappa shape index (κ3) is 4.93. The van der Waals surface area contributed by atoms with Gasteiger partial charge in [0.15, 0.2) is 5.13 Å². The number of pyridine rings is 1. The van der Waals surface area contributed by atoms with Crippen LogP contribution in [0.4, 0.5) is 9.93 Å². The van der Waals surface area contributed by atoms with Crippen LogP contribution < -0.4 is 20.7 Å². The van der Waals surface area contributed by atoms with E-state index in [9.17, 15) is 9.59 Å². The predicted molar refractivity (Wildman–Crippen MR) is 106 cm³/mol. The molecule has 0 saturated carbocycles. The van der Waals surface area contributed by atoms with Gasteiger partial charge in [0, 0.05) is 38.5 Å². The number of urea groups is 1. The Morgan fingerprint density at radius 3 is 2.82 bits per heavy atom. The first-order valence-corrected chi connectivity index (χ1v) is 9.33. The molecule has 0 aliphatic carbocycles. The van der Waals surface area contributed by atoms with E-state index < -0.39 is 0 Å². The minimum Gasteiger partial charge on any atom is -0.457 e. The first kappa shape index (κ1) is 19.5. The molecule has 146 valence electrons. The number of hydrogen-bond acceptors (Lipinski definition) is 7. The highest BCUT2D eigenvalue weighted by Gasteiger charge is 2.10. The van der Waals surface area contributed by atoms with Gasteiger partial charge in [-0.1, -0.05) is 11.3 Å². The van der Waals surface area contributed by atoms with Crippen LogP contribution in [0.15, 0.2) is 36.5 Å². The van der Waals surface area contributed by atoms with E-state index >= 15 is 0 Å². The van der Waals surface area contributed by atoms with E-state index in [1.54, 1.807) is 24.3 Å². The molecule has 0 fully saturated rings.